The number of benzene rings is 2. The number of imidazole rings is 1. The lowest BCUT2D eigenvalue weighted by Crippen LogP contribution is -1.96. The van der Waals surface area contributed by atoms with Gasteiger partial charge in [-0.3, -0.25) is 0 Å². The lowest BCUT2D eigenvalue weighted by Gasteiger charge is -2.08. The molecule has 1 heterocycles. The Morgan fingerprint density at radius 3 is 2.19 bits per heavy atom. The van der Waals surface area contributed by atoms with Crippen LogP contribution in [-0.2, 0) is 9.84 Å². The molecule has 3 rings (SSSR count). The maximum absolute atomic E-state index is 11.5. The first-order valence-corrected chi connectivity index (χ1v) is 8.33. The first kappa shape index (κ1) is 13.6. The Hall–Kier alpha value is -2.40. The Morgan fingerprint density at radius 2 is 1.62 bits per heavy atom. The van der Waals surface area contributed by atoms with Crippen molar-refractivity contribution in [3.8, 4) is 22.4 Å². The van der Waals surface area contributed by atoms with Crippen molar-refractivity contribution in [2.24, 2.45) is 0 Å². The molecule has 106 valence electrons. The van der Waals surface area contributed by atoms with Crippen molar-refractivity contribution in [1.82, 2.24) is 9.97 Å². The maximum Gasteiger partial charge on any atom is 0.175 e. The summed E-state index contributed by atoms with van der Waals surface area (Å²) in [4.78, 5) is 7.46. The molecule has 5 heteroatoms. The van der Waals surface area contributed by atoms with Crippen LogP contribution in [-0.4, -0.2) is 24.6 Å². The highest BCUT2D eigenvalue weighted by Crippen LogP contribution is 2.31. The summed E-state index contributed by atoms with van der Waals surface area (Å²) < 4.78 is 23.0. The third-order valence-electron chi connectivity index (χ3n) is 3.31. The van der Waals surface area contributed by atoms with E-state index in [2.05, 4.69) is 9.97 Å². The number of aromatic nitrogens is 2. The van der Waals surface area contributed by atoms with Gasteiger partial charge in [-0.2, -0.15) is 0 Å². The number of hydrogen-bond donors (Lipinski definition) is 1. The monoisotopic (exact) mass is 298 g/mol. The second-order valence-corrected chi connectivity index (χ2v) is 6.82. The minimum absolute atomic E-state index is 0.324. The topological polar surface area (TPSA) is 62.8 Å². The van der Waals surface area contributed by atoms with E-state index in [9.17, 15) is 8.42 Å². The van der Waals surface area contributed by atoms with E-state index in [0.717, 1.165) is 22.4 Å². The summed E-state index contributed by atoms with van der Waals surface area (Å²) in [6.45, 7) is 0. The van der Waals surface area contributed by atoms with Gasteiger partial charge in [0.1, 0.15) is 0 Å². The van der Waals surface area contributed by atoms with Crippen LogP contribution in [0, 0.1) is 0 Å². The lowest BCUT2D eigenvalue weighted by molar-refractivity contribution is 0.602. The molecule has 3 aromatic rings. The molecule has 0 saturated carbocycles. The van der Waals surface area contributed by atoms with Crippen LogP contribution in [0.25, 0.3) is 22.4 Å². The number of sulfone groups is 1. The molecule has 0 amide bonds. The number of nitrogens with zero attached hydrogens (tertiary/aromatic N) is 1. The summed E-state index contributed by atoms with van der Waals surface area (Å²) in [5.41, 5.74) is 3.95. The minimum Gasteiger partial charge on any atom is -0.345 e. The van der Waals surface area contributed by atoms with Gasteiger partial charge in [-0.05, 0) is 23.3 Å². The van der Waals surface area contributed by atoms with E-state index in [1.807, 2.05) is 36.4 Å². The molecule has 1 N–H and O–H groups in total. The lowest BCUT2D eigenvalue weighted by atomic mass is 9.98. The average Bonchev–Trinajstić information content (AvgIpc) is 3.01. The molecule has 0 aliphatic heterocycles. The van der Waals surface area contributed by atoms with Crippen molar-refractivity contribution in [3.05, 3.63) is 61.1 Å². The standard InChI is InChI=1S/C16H14N2O2S/c1-21(19,20)13-8-6-12(7-9-13)14-4-2-3-5-15(14)16-10-17-11-18-16/h2-11H,1H3,(H,17,18). The Morgan fingerprint density at radius 1 is 0.952 bits per heavy atom. The molecule has 0 aliphatic rings. The van der Waals surface area contributed by atoms with E-state index in [1.54, 1.807) is 24.7 Å². The first-order chi connectivity index (χ1) is 10.1. The van der Waals surface area contributed by atoms with E-state index in [0.29, 0.717) is 4.90 Å². The second kappa shape index (κ2) is 5.18. The van der Waals surface area contributed by atoms with Crippen molar-refractivity contribution in [3.63, 3.8) is 0 Å². The van der Waals surface area contributed by atoms with E-state index < -0.39 is 9.84 Å². The molecule has 0 unspecified atom stereocenters. The quantitative estimate of drug-likeness (QED) is 0.808. The number of rotatable bonds is 3. The average molecular weight is 298 g/mol. The third kappa shape index (κ3) is 2.73. The number of hydrogen-bond acceptors (Lipinski definition) is 3. The number of aromatic amines is 1. The van der Waals surface area contributed by atoms with E-state index in [-0.39, 0.29) is 0 Å². The molecule has 1 aromatic heterocycles. The van der Waals surface area contributed by atoms with Crippen molar-refractivity contribution < 1.29 is 8.42 Å². The van der Waals surface area contributed by atoms with Crippen LogP contribution in [0.2, 0.25) is 0 Å². The van der Waals surface area contributed by atoms with E-state index in [4.69, 9.17) is 0 Å². The van der Waals surface area contributed by atoms with Crippen LogP contribution in [0.4, 0.5) is 0 Å². The van der Waals surface area contributed by atoms with Crippen LogP contribution in [0.15, 0.2) is 66.0 Å². The zero-order valence-electron chi connectivity index (χ0n) is 11.4. The molecule has 2 aromatic carbocycles. The summed E-state index contributed by atoms with van der Waals surface area (Å²) in [7, 11) is -3.17. The van der Waals surface area contributed by atoms with Gasteiger partial charge in [0.25, 0.3) is 0 Å². The van der Waals surface area contributed by atoms with Gasteiger partial charge in [0.2, 0.25) is 0 Å². The number of H-pyrrole nitrogens is 1. The van der Waals surface area contributed by atoms with Gasteiger partial charge in [-0.25, -0.2) is 13.4 Å². The fourth-order valence-corrected chi connectivity index (χ4v) is 2.89. The number of nitrogens with one attached hydrogen (secondary N) is 1. The first-order valence-electron chi connectivity index (χ1n) is 6.44. The summed E-state index contributed by atoms with van der Waals surface area (Å²) in [5.74, 6) is 0. The molecule has 0 fully saturated rings. The summed E-state index contributed by atoms with van der Waals surface area (Å²) >= 11 is 0. The second-order valence-electron chi connectivity index (χ2n) is 4.81. The van der Waals surface area contributed by atoms with Gasteiger partial charge in [0.15, 0.2) is 9.84 Å². The van der Waals surface area contributed by atoms with Crippen molar-refractivity contribution >= 4 is 9.84 Å². The molecule has 0 spiro atoms. The third-order valence-corrected chi connectivity index (χ3v) is 4.44. The molecule has 0 bridgehead atoms. The summed E-state index contributed by atoms with van der Waals surface area (Å²) in [6.07, 6.45) is 4.61. The van der Waals surface area contributed by atoms with Crippen LogP contribution < -0.4 is 0 Å². The highest BCUT2D eigenvalue weighted by molar-refractivity contribution is 7.90. The van der Waals surface area contributed by atoms with Gasteiger partial charge in [-0.1, -0.05) is 36.4 Å². The molecule has 4 nitrogen and oxygen atoms in total. The fraction of sp³-hybridized carbons (Fsp3) is 0.0625. The zero-order chi connectivity index (χ0) is 14.9. The Labute approximate surface area is 123 Å². The Bertz CT molecular complexity index is 852. The van der Waals surface area contributed by atoms with Crippen LogP contribution in [0.1, 0.15) is 0 Å². The smallest absolute Gasteiger partial charge is 0.175 e. The predicted octanol–water partition coefficient (Wildman–Crippen LogP) is 3.15. The highest BCUT2D eigenvalue weighted by atomic mass is 32.2. The molecular weight excluding hydrogens is 284 g/mol. The Balaban J connectivity index is 2.10. The van der Waals surface area contributed by atoms with Crippen molar-refractivity contribution in [1.29, 1.82) is 0 Å². The Kier molecular flexibility index (Phi) is 3.35. The van der Waals surface area contributed by atoms with Gasteiger partial charge in [0, 0.05) is 11.8 Å². The molecule has 0 radical (unpaired) electrons. The van der Waals surface area contributed by atoms with Crippen LogP contribution >= 0.6 is 0 Å². The molecule has 0 saturated heterocycles. The molecule has 0 aliphatic carbocycles. The molecule has 21 heavy (non-hydrogen) atoms. The predicted molar refractivity (Wildman–Crippen MR) is 82.6 cm³/mol. The summed E-state index contributed by atoms with van der Waals surface area (Å²) in [5, 5.41) is 0. The van der Waals surface area contributed by atoms with Gasteiger partial charge >= 0.3 is 0 Å². The van der Waals surface area contributed by atoms with Gasteiger partial charge < -0.3 is 4.98 Å². The van der Waals surface area contributed by atoms with Crippen LogP contribution in [0.5, 0.6) is 0 Å². The van der Waals surface area contributed by atoms with Crippen molar-refractivity contribution in [2.45, 2.75) is 4.90 Å². The van der Waals surface area contributed by atoms with E-state index >= 15 is 0 Å². The molecule has 0 atom stereocenters. The normalized spacial score (nSPS) is 11.5. The van der Waals surface area contributed by atoms with E-state index in [1.165, 1.54) is 6.26 Å². The maximum atomic E-state index is 11.5. The zero-order valence-corrected chi connectivity index (χ0v) is 12.3. The molecular formula is C16H14N2O2S. The van der Waals surface area contributed by atoms with Gasteiger partial charge in [-0.15, -0.1) is 0 Å². The summed E-state index contributed by atoms with van der Waals surface area (Å²) in [6, 6.07) is 14.9. The van der Waals surface area contributed by atoms with Gasteiger partial charge in [0.05, 0.1) is 23.1 Å². The highest BCUT2D eigenvalue weighted by Gasteiger charge is 2.10. The van der Waals surface area contributed by atoms with Crippen LogP contribution in [0.3, 0.4) is 0 Å². The largest absolute Gasteiger partial charge is 0.345 e. The minimum atomic E-state index is -3.17. The van der Waals surface area contributed by atoms with Crippen molar-refractivity contribution in [2.75, 3.05) is 6.26 Å². The SMILES string of the molecule is CS(=O)(=O)c1ccc(-c2ccccc2-c2cnc[nH]2)cc1. The fourth-order valence-electron chi connectivity index (χ4n) is 2.25.